The Morgan fingerprint density at radius 2 is 1.77 bits per heavy atom. The van der Waals surface area contributed by atoms with Gasteiger partial charge in [0.15, 0.2) is 22.5 Å². The highest BCUT2D eigenvalue weighted by Crippen LogP contribution is 2.34. The van der Waals surface area contributed by atoms with E-state index in [1.807, 2.05) is 48.0 Å². The minimum Gasteiger partial charge on any atom is -0.493 e. The van der Waals surface area contributed by atoms with Crippen LogP contribution in [0.15, 0.2) is 41.6 Å². The third-order valence-corrected chi connectivity index (χ3v) is 5.55. The maximum absolute atomic E-state index is 6.28. The number of hydrogen-bond acceptors (Lipinski definition) is 5. The first-order chi connectivity index (χ1) is 12.5. The second-order valence-electron chi connectivity index (χ2n) is 5.77. The molecule has 3 aromatic rings. The maximum Gasteiger partial charge on any atom is 0.191 e. The van der Waals surface area contributed by atoms with Crippen LogP contribution in [0.3, 0.4) is 0 Å². The van der Waals surface area contributed by atoms with Crippen molar-refractivity contribution in [2.45, 2.75) is 17.8 Å². The summed E-state index contributed by atoms with van der Waals surface area (Å²) in [7, 11) is 5.23. The highest BCUT2D eigenvalue weighted by molar-refractivity contribution is 7.98. The van der Waals surface area contributed by atoms with Gasteiger partial charge in [-0.15, -0.1) is 10.2 Å². The average Bonchev–Trinajstić information content (AvgIpc) is 3.01. The summed E-state index contributed by atoms with van der Waals surface area (Å²) in [5.74, 6) is 2.96. The van der Waals surface area contributed by atoms with Crippen LogP contribution in [0.4, 0.5) is 0 Å². The number of thioether (sulfide) groups is 1. The van der Waals surface area contributed by atoms with E-state index in [0.717, 1.165) is 44.9 Å². The van der Waals surface area contributed by atoms with Gasteiger partial charge in [-0.25, -0.2) is 0 Å². The summed E-state index contributed by atoms with van der Waals surface area (Å²) in [5.41, 5.74) is 3.18. The Hall–Kier alpha value is -2.18. The summed E-state index contributed by atoms with van der Waals surface area (Å²) in [6, 6.07) is 11.6. The predicted molar refractivity (Wildman–Crippen MR) is 105 cm³/mol. The molecule has 0 saturated heterocycles. The van der Waals surface area contributed by atoms with Crippen LogP contribution in [0.25, 0.3) is 11.4 Å². The average molecular weight is 390 g/mol. The monoisotopic (exact) mass is 389 g/mol. The summed E-state index contributed by atoms with van der Waals surface area (Å²) in [6.07, 6.45) is 0. The molecule has 0 bridgehead atoms. The first kappa shape index (κ1) is 18.6. The van der Waals surface area contributed by atoms with Gasteiger partial charge in [-0.2, -0.15) is 0 Å². The molecule has 26 heavy (non-hydrogen) atoms. The van der Waals surface area contributed by atoms with E-state index in [1.165, 1.54) is 0 Å². The molecule has 1 heterocycles. The van der Waals surface area contributed by atoms with Crippen LogP contribution in [0.1, 0.15) is 11.1 Å². The lowest BCUT2D eigenvalue weighted by Gasteiger charge is -2.12. The fraction of sp³-hybridized carbons (Fsp3) is 0.263. The summed E-state index contributed by atoms with van der Waals surface area (Å²) >= 11 is 7.90. The Bertz CT molecular complexity index is 927. The van der Waals surface area contributed by atoms with Crippen molar-refractivity contribution in [1.29, 1.82) is 0 Å². The third kappa shape index (κ3) is 3.66. The van der Waals surface area contributed by atoms with Crippen LogP contribution < -0.4 is 9.47 Å². The fourth-order valence-electron chi connectivity index (χ4n) is 2.64. The van der Waals surface area contributed by atoms with E-state index in [0.29, 0.717) is 5.02 Å². The van der Waals surface area contributed by atoms with Gasteiger partial charge in [0.25, 0.3) is 0 Å². The Balaban J connectivity index is 1.82. The second-order valence-corrected chi connectivity index (χ2v) is 7.12. The summed E-state index contributed by atoms with van der Waals surface area (Å²) in [4.78, 5) is 0. The molecule has 0 aliphatic rings. The van der Waals surface area contributed by atoms with E-state index in [4.69, 9.17) is 21.1 Å². The Morgan fingerprint density at radius 3 is 2.46 bits per heavy atom. The molecule has 0 aliphatic carbocycles. The van der Waals surface area contributed by atoms with Gasteiger partial charge in [-0.05, 0) is 42.3 Å². The lowest BCUT2D eigenvalue weighted by molar-refractivity contribution is 0.354. The van der Waals surface area contributed by atoms with Gasteiger partial charge in [0.1, 0.15) is 0 Å². The minimum absolute atomic E-state index is 0.662. The lowest BCUT2D eigenvalue weighted by atomic mass is 10.1. The van der Waals surface area contributed by atoms with Gasteiger partial charge >= 0.3 is 0 Å². The number of methoxy groups -OCH3 is 2. The van der Waals surface area contributed by atoms with Crippen molar-refractivity contribution in [3.05, 3.63) is 52.5 Å². The Morgan fingerprint density at radius 1 is 1.08 bits per heavy atom. The normalized spacial score (nSPS) is 10.8. The van der Waals surface area contributed by atoms with E-state index >= 15 is 0 Å². The molecule has 0 spiro atoms. The maximum atomic E-state index is 6.28. The number of aryl methyl sites for hydroxylation is 1. The smallest absolute Gasteiger partial charge is 0.191 e. The van der Waals surface area contributed by atoms with E-state index < -0.39 is 0 Å². The Kier molecular flexibility index (Phi) is 5.74. The van der Waals surface area contributed by atoms with Crippen molar-refractivity contribution in [2.24, 2.45) is 7.05 Å². The van der Waals surface area contributed by atoms with E-state index in [2.05, 4.69) is 17.1 Å². The first-order valence-corrected chi connectivity index (χ1v) is 9.40. The topological polar surface area (TPSA) is 49.2 Å². The summed E-state index contributed by atoms with van der Waals surface area (Å²) in [6.45, 7) is 2.06. The molecule has 0 N–H and O–H groups in total. The number of ether oxygens (including phenoxy) is 2. The number of nitrogens with zero attached hydrogens (tertiary/aromatic N) is 3. The molecule has 0 unspecified atom stereocenters. The second kappa shape index (κ2) is 8.01. The molecule has 0 amide bonds. The number of hydrogen-bond donors (Lipinski definition) is 0. The summed E-state index contributed by atoms with van der Waals surface area (Å²) in [5, 5.41) is 10.1. The molecule has 0 saturated carbocycles. The summed E-state index contributed by atoms with van der Waals surface area (Å²) < 4.78 is 12.7. The van der Waals surface area contributed by atoms with Crippen molar-refractivity contribution in [3.8, 4) is 22.9 Å². The molecule has 7 heteroatoms. The van der Waals surface area contributed by atoms with Gasteiger partial charge in [0.05, 0.1) is 19.2 Å². The van der Waals surface area contributed by atoms with Crippen molar-refractivity contribution >= 4 is 23.4 Å². The molecular formula is C19H20ClN3O2S. The van der Waals surface area contributed by atoms with Crippen molar-refractivity contribution in [3.63, 3.8) is 0 Å². The standard InChI is InChI=1S/C19H20ClN3O2S/c1-12-9-16(24-3)17(25-4)10-13(12)11-26-19-22-21-18(23(19)2)14-7-5-6-8-15(14)20/h5-10H,11H2,1-4H3. The molecule has 2 aromatic carbocycles. The number of halogens is 1. The van der Waals surface area contributed by atoms with Gasteiger partial charge in [0, 0.05) is 18.4 Å². The highest BCUT2D eigenvalue weighted by atomic mass is 35.5. The number of benzene rings is 2. The quantitative estimate of drug-likeness (QED) is 0.569. The van der Waals surface area contributed by atoms with E-state index in [-0.39, 0.29) is 0 Å². The number of rotatable bonds is 6. The SMILES string of the molecule is COc1cc(C)c(CSc2nnc(-c3ccccc3Cl)n2C)cc1OC. The van der Waals surface area contributed by atoms with Crippen LogP contribution in [0, 0.1) is 6.92 Å². The van der Waals surface area contributed by atoms with Crippen LogP contribution >= 0.6 is 23.4 Å². The Labute approximate surface area is 162 Å². The molecule has 0 atom stereocenters. The fourth-order valence-corrected chi connectivity index (χ4v) is 3.83. The lowest BCUT2D eigenvalue weighted by Crippen LogP contribution is -1.97. The molecule has 5 nitrogen and oxygen atoms in total. The zero-order valence-corrected chi connectivity index (χ0v) is 16.7. The predicted octanol–water partition coefficient (Wildman–Crippen LogP) is 4.75. The van der Waals surface area contributed by atoms with Gasteiger partial charge in [0.2, 0.25) is 0 Å². The molecule has 3 rings (SSSR count). The molecule has 0 aliphatic heterocycles. The van der Waals surface area contributed by atoms with Crippen LogP contribution in [0.2, 0.25) is 5.02 Å². The molecular weight excluding hydrogens is 370 g/mol. The van der Waals surface area contributed by atoms with E-state index in [9.17, 15) is 0 Å². The molecule has 136 valence electrons. The van der Waals surface area contributed by atoms with Gasteiger partial charge in [-0.1, -0.05) is 35.5 Å². The largest absolute Gasteiger partial charge is 0.493 e. The highest BCUT2D eigenvalue weighted by Gasteiger charge is 2.15. The molecule has 0 radical (unpaired) electrons. The zero-order valence-electron chi connectivity index (χ0n) is 15.1. The molecule has 1 aromatic heterocycles. The minimum atomic E-state index is 0.662. The third-order valence-electron chi connectivity index (χ3n) is 4.15. The van der Waals surface area contributed by atoms with Crippen molar-refractivity contribution < 1.29 is 9.47 Å². The zero-order chi connectivity index (χ0) is 18.7. The van der Waals surface area contributed by atoms with Gasteiger partial charge in [-0.3, -0.25) is 0 Å². The van der Waals surface area contributed by atoms with Crippen LogP contribution in [-0.2, 0) is 12.8 Å². The van der Waals surface area contributed by atoms with Gasteiger partial charge < -0.3 is 14.0 Å². The first-order valence-electron chi connectivity index (χ1n) is 8.03. The van der Waals surface area contributed by atoms with Crippen molar-refractivity contribution in [2.75, 3.05) is 14.2 Å². The van der Waals surface area contributed by atoms with Crippen LogP contribution in [-0.4, -0.2) is 29.0 Å². The van der Waals surface area contributed by atoms with Crippen molar-refractivity contribution in [1.82, 2.24) is 14.8 Å². The van der Waals surface area contributed by atoms with Crippen LogP contribution in [0.5, 0.6) is 11.5 Å². The molecule has 0 fully saturated rings. The number of aromatic nitrogens is 3. The van der Waals surface area contributed by atoms with E-state index in [1.54, 1.807) is 26.0 Å².